The third-order valence-corrected chi connectivity index (χ3v) is 4.77. The molecule has 1 aliphatic heterocycles. The Labute approximate surface area is 133 Å². The molecule has 0 bridgehead atoms. The molecular weight excluding hydrogens is 317 g/mol. The van der Waals surface area contributed by atoms with E-state index < -0.39 is 0 Å². The first kappa shape index (κ1) is 15.8. The average Bonchev–Trinajstić information content (AvgIpc) is 2.42. The molecule has 0 radical (unpaired) electrons. The molecule has 0 aromatic heterocycles. The molecular formula is C13H17Cl2N3OS. The van der Waals surface area contributed by atoms with E-state index in [1.807, 2.05) is 18.7 Å². The summed E-state index contributed by atoms with van der Waals surface area (Å²) in [4.78, 5) is 14.5. The van der Waals surface area contributed by atoms with Crippen molar-refractivity contribution in [3.63, 3.8) is 0 Å². The van der Waals surface area contributed by atoms with Crippen molar-refractivity contribution in [1.29, 1.82) is 0 Å². The van der Waals surface area contributed by atoms with E-state index in [2.05, 4.69) is 10.2 Å². The van der Waals surface area contributed by atoms with Gasteiger partial charge in [-0.1, -0.05) is 23.2 Å². The summed E-state index contributed by atoms with van der Waals surface area (Å²) in [7, 11) is 0. The van der Waals surface area contributed by atoms with Gasteiger partial charge < -0.3 is 11.1 Å². The SMILES string of the molecule is CC(C(=O)Nc1c(N)cc(Cl)cc1Cl)N1CCSCC1. The van der Waals surface area contributed by atoms with E-state index in [1.54, 1.807) is 12.1 Å². The predicted molar refractivity (Wildman–Crippen MR) is 87.9 cm³/mol. The second kappa shape index (κ2) is 6.89. The van der Waals surface area contributed by atoms with Crippen molar-refractivity contribution >= 4 is 52.2 Å². The number of thioether (sulfide) groups is 1. The maximum absolute atomic E-state index is 12.3. The van der Waals surface area contributed by atoms with E-state index in [-0.39, 0.29) is 11.9 Å². The van der Waals surface area contributed by atoms with Crippen LogP contribution in [0.3, 0.4) is 0 Å². The second-order valence-corrected chi connectivity index (χ2v) is 6.73. The molecule has 1 saturated heterocycles. The normalized spacial score (nSPS) is 17.8. The Kier molecular flexibility index (Phi) is 5.43. The van der Waals surface area contributed by atoms with Gasteiger partial charge in [-0.2, -0.15) is 11.8 Å². The fraction of sp³-hybridized carbons (Fsp3) is 0.462. The molecule has 2 rings (SSSR count). The molecule has 0 aliphatic carbocycles. The summed E-state index contributed by atoms with van der Waals surface area (Å²) in [5, 5.41) is 3.60. The zero-order chi connectivity index (χ0) is 14.7. The van der Waals surface area contributed by atoms with Crippen molar-refractivity contribution in [3.05, 3.63) is 22.2 Å². The summed E-state index contributed by atoms with van der Waals surface area (Å²) in [6.07, 6.45) is 0. The molecule has 4 nitrogen and oxygen atoms in total. The van der Waals surface area contributed by atoms with Crippen LogP contribution in [0.4, 0.5) is 11.4 Å². The van der Waals surface area contributed by atoms with Crippen LogP contribution >= 0.6 is 35.0 Å². The number of benzene rings is 1. The summed E-state index contributed by atoms with van der Waals surface area (Å²) in [6, 6.07) is 2.93. The summed E-state index contributed by atoms with van der Waals surface area (Å²) in [5.41, 5.74) is 6.65. The molecule has 1 fully saturated rings. The van der Waals surface area contributed by atoms with E-state index in [1.165, 1.54) is 0 Å². The van der Waals surface area contributed by atoms with Crippen LogP contribution in [0.25, 0.3) is 0 Å². The third kappa shape index (κ3) is 3.73. The number of nitrogen functional groups attached to an aromatic ring is 1. The van der Waals surface area contributed by atoms with Crippen molar-refractivity contribution in [2.24, 2.45) is 0 Å². The Balaban J connectivity index is 2.07. The maximum atomic E-state index is 12.3. The number of nitrogens with zero attached hydrogens (tertiary/aromatic N) is 1. The fourth-order valence-corrected chi connectivity index (χ4v) is 3.57. The highest BCUT2D eigenvalue weighted by atomic mass is 35.5. The van der Waals surface area contributed by atoms with Gasteiger partial charge in [0, 0.05) is 29.6 Å². The Hall–Kier alpha value is -0.620. The van der Waals surface area contributed by atoms with E-state index in [4.69, 9.17) is 28.9 Å². The lowest BCUT2D eigenvalue weighted by molar-refractivity contribution is -0.120. The Bertz CT molecular complexity index is 483. The summed E-state index contributed by atoms with van der Waals surface area (Å²) >= 11 is 13.8. The first-order valence-electron chi connectivity index (χ1n) is 6.36. The molecule has 1 amide bonds. The Morgan fingerprint density at radius 3 is 2.65 bits per heavy atom. The molecule has 1 atom stereocenters. The summed E-state index contributed by atoms with van der Waals surface area (Å²) < 4.78 is 0. The van der Waals surface area contributed by atoms with Gasteiger partial charge >= 0.3 is 0 Å². The molecule has 0 spiro atoms. The van der Waals surface area contributed by atoms with Gasteiger partial charge in [-0.05, 0) is 19.1 Å². The van der Waals surface area contributed by atoms with Gasteiger partial charge in [-0.3, -0.25) is 9.69 Å². The van der Waals surface area contributed by atoms with Crippen LogP contribution in [0.2, 0.25) is 10.0 Å². The zero-order valence-corrected chi connectivity index (χ0v) is 13.5. The van der Waals surface area contributed by atoms with E-state index in [0.717, 1.165) is 24.6 Å². The van der Waals surface area contributed by atoms with E-state index in [0.29, 0.717) is 21.4 Å². The smallest absolute Gasteiger partial charge is 0.241 e. The minimum absolute atomic E-state index is 0.104. The molecule has 1 heterocycles. The lowest BCUT2D eigenvalue weighted by Gasteiger charge is -2.31. The van der Waals surface area contributed by atoms with Crippen molar-refractivity contribution < 1.29 is 4.79 Å². The molecule has 3 N–H and O–H groups in total. The number of hydrogen-bond acceptors (Lipinski definition) is 4. The van der Waals surface area contributed by atoms with Crippen molar-refractivity contribution in [2.45, 2.75) is 13.0 Å². The topological polar surface area (TPSA) is 58.4 Å². The minimum Gasteiger partial charge on any atom is -0.397 e. The second-order valence-electron chi connectivity index (χ2n) is 4.67. The lowest BCUT2D eigenvalue weighted by atomic mass is 10.2. The molecule has 1 aliphatic rings. The van der Waals surface area contributed by atoms with Crippen LogP contribution in [-0.2, 0) is 4.79 Å². The van der Waals surface area contributed by atoms with Gasteiger partial charge in [-0.15, -0.1) is 0 Å². The largest absolute Gasteiger partial charge is 0.397 e. The number of carbonyl (C=O) groups excluding carboxylic acids is 1. The number of anilines is 2. The number of amides is 1. The molecule has 0 saturated carbocycles. The first-order chi connectivity index (χ1) is 9.49. The third-order valence-electron chi connectivity index (χ3n) is 3.31. The van der Waals surface area contributed by atoms with Crippen molar-refractivity contribution in [3.8, 4) is 0 Å². The van der Waals surface area contributed by atoms with Gasteiger partial charge in [0.15, 0.2) is 0 Å². The maximum Gasteiger partial charge on any atom is 0.241 e. The van der Waals surface area contributed by atoms with Gasteiger partial charge in [0.25, 0.3) is 0 Å². The molecule has 7 heteroatoms. The van der Waals surface area contributed by atoms with E-state index >= 15 is 0 Å². The predicted octanol–water partition coefficient (Wildman–Crippen LogP) is 2.95. The summed E-state index contributed by atoms with van der Waals surface area (Å²) in [5.74, 6) is 2.01. The number of halogens is 2. The number of carbonyl (C=O) groups is 1. The highest BCUT2D eigenvalue weighted by Gasteiger charge is 2.24. The number of nitrogens with two attached hydrogens (primary N) is 1. The van der Waals surface area contributed by atoms with Crippen LogP contribution < -0.4 is 11.1 Å². The lowest BCUT2D eigenvalue weighted by Crippen LogP contribution is -2.46. The van der Waals surface area contributed by atoms with E-state index in [9.17, 15) is 4.79 Å². The van der Waals surface area contributed by atoms with Crippen LogP contribution in [0.5, 0.6) is 0 Å². The van der Waals surface area contributed by atoms with Gasteiger partial charge in [0.1, 0.15) is 0 Å². The molecule has 1 aromatic rings. The van der Waals surface area contributed by atoms with Gasteiger partial charge in [0.2, 0.25) is 5.91 Å². The zero-order valence-electron chi connectivity index (χ0n) is 11.2. The molecule has 1 unspecified atom stereocenters. The van der Waals surface area contributed by atoms with Crippen LogP contribution in [0.15, 0.2) is 12.1 Å². The molecule has 110 valence electrons. The fourth-order valence-electron chi connectivity index (χ4n) is 2.08. The van der Waals surface area contributed by atoms with Crippen LogP contribution in [0, 0.1) is 0 Å². The minimum atomic E-state index is -0.206. The summed E-state index contributed by atoms with van der Waals surface area (Å²) in [6.45, 7) is 3.73. The number of rotatable bonds is 3. The van der Waals surface area contributed by atoms with Crippen LogP contribution in [-0.4, -0.2) is 41.4 Å². The highest BCUT2D eigenvalue weighted by molar-refractivity contribution is 7.99. The first-order valence-corrected chi connectivity index (χ1v) is 8.27. The van der Waals surface area contributed by atoms with Crippen molar-refractivity contribution in [2.75, 3.05) is 35.6 Å². The average molecular weight is 334 g/mol. The molecule has 20 heavy (non-hydrogen) atoms. The standard InChI is InChI=1S/C13H17Cl2N3OS/c1-8(18-2-4-20-5-3-18)13(19)17-12-10(15)6-9(14)7-11(12)16/h6-8H,2-5,16H2,1H3,(H,17,19). The molecule has 1 aromatic carbocycles. The Morgan fingerprint density at radius 2 is 2.05 bits per heavy atom. The van der Waals surface area contributed by atoms with Crippen molar-refractivity contribution in [1.82, 2.24) is 4.90 Å². The number of hydrogen-bond donors (Lipinski definition) is 2. The number of nitrogens with one attached hydrogen (secondary N) is 1. The highest BCUT2D eigenvalue weighted by Crippen LogP contribution is 2.32. The van der Waals surface area contributed by atoms with Crippen LogP contribution in [0.1, 0.15) is 6.92 Å². The van der Waals surface area contributed by atoms with Gasteiger partial charge in [0.05, 0.1) is 22.4 Å². The monoisotopic (exact) mass is 333 g/mol. The van der Waals surface area contributed by atoms with Gasteiger partial charge in [-0.25, -0.2) is 0 Å². The Morgan fingerprint density at radius 1 is 1.40 bits per heavy atom. The quantitative estimate of drug-likeness (QED) is 0.835.